The summed E-state index contributed by atoms with van der Waals surface area (Å²) in [5, 5.41) is 4.12. The standard InChI is InChI=1S/C12H20N4.ClH/c1-8-6-9(2)11(10(3)7-8)14-15-12(13)16(4)5;/h6-7,14H,1-5H3,(H2,13,15);1H. The van der Waals surface area contributed by atoms with Crippen LogP contribution in [0.5, 0.6) is 0 Å². The van der Waals surface area contributed by atoms with Crippen molar-refractivity contribution in [1.29, 1.82) is 0 Å². The summed E-state index contributed by atoms with van der Waals surface area (Å²) in [5.41, 5.74) is 13.3. The second-order valence-electron chi connectivity index (χ2n) is 4.25. The Kier molecular flexibility index (Phi) is 5.82. The summed E-state index contributed by atoms with van der Waals surface area (Å²) in [6.45, 7) is 6.20. The number of nitrogens with two attached hydrogens (primary N) is 1. The zero-order chi connectivity index (χ0) is 12.3. The molecule has 0 aliphatic heterocycles. The summed E-state index contributed by atoms with van der Waals surface area (Å²) in [4.78, 5) is 1.76. The van der Waals surface area contributed by atoms with E-state index in [1.165, 1.54) is 16.7 Å². The minimum atomic E-state index is 0. The summed E-state index contributed by atoms with van der Waals surface area (Å²) in [6.07, 6.45) is 0. The molecule has 0 amide bonds. The van der Waals surface area contributed by atoms with E-state index in [0.29, 0.717) is 5.96 Å². The maximum Gasteiger partial charge on any atom is 0.213 e. The average Bonchev–Trinajstić information content (AvgIpc) is 2.15. The summed E-state index contributed by atoms with van der Waals surface area (Å²) in [6, 6.07) is 4.24. The quantitative estimate of drug-likeness (QED) is 0.485. The van der Waals surface area contributed by atoms with Gasteiger partial charge >= 0.3 is 0 Å². The third kappa shape index (κ3) is 4.15. The van der Waals surface area contributed by atoms with Crippen molar-refractivity contribution in [2.24, 2.45) is 10.8 Å². The molecule has 0 bridgehead atoms. The van der Waals surface area contributed by atoms with E-state index < -0.39 is 0 Å². The molecule has 0 fully saturated rings. The molecule has 4 nitrogen and oxygen atoms in total. The molecule has 1 aromatic carbocycles. The van der Waals surface area contributed by atoms with E-state index in [4.69, 9.17) is 5.73 Å². The number of nitrogens with one attached hydrogen (secondary N) is 1. The van der Waals surface area contributed by atoms with Crippen LogP contribution in [0.25, 0.3) is 0 Å². The molecule has 0 aliphatic rings. The van der Waals surface area contributed by atoms with E-state index in [0.717, 1.165) is 5.69 Å². The first kappa shape index (κ1) is 15.6. The first-order valence-corrected chi connectivity index (χ1v) is 5.26. The van der Waals surface area contributed by atoms with Gasteiger partial charge in [-0.2, -0.15) is 0 Å². The Balaban J connectivity index is 0.00000256. The molecule has 0 aromatic heterocycles. The van der Waals surface area contributed by atoms with Gasteiger partial charge in [-0.1, -0.05) is 17.7 Å². The van der Waals surface area contributed by atoms with Crippen LogP contribution in [0.3, 0.4) is 0 Å². The third-order valence-corrected chi connectivity index (χ3v) is 2.42. The van der Waals surface area contributed by atoms with Gasteiger partial charge in [-0.25, -0.2) is 0 Å². The Morgan fingerprint density at radius 1 is 1.18 bits per heavy atom. The van der Waals surface area contributed by atoms with Gasteiger partial charge in [-0.3, -0.25) is 5.43 Å². The molecular formula is C12H21ClN4. The lowest BCUT2D eigenvalue weighted by molar-refractivity contribution is 0.613. The van der Waals surface area contributed by atoms with Crippen LogP contribution in [-0.2, 0) is 0 Å². The molecular weight excluding hydrogens is 236 g/mol. The maximum absolute atomic E-state index is 5.71. The highest BCUT2D eigenvalue weighted by Gasteiger charge is 2.03. The molecule has 0 unspecified atom stereocenters. The average molecular weight is 257 g/mol. The number of hydrogen-bond donors (Lipinski definition) is 2. The van der Waals surface area contributed by atoms with Crippen LogP contribution < -0.4 is 11.2 Å². The van der Waals surface area contributed by atoms with Crippen molar-refractivity contribution in [1.82, 2.24) is 4.90 Å². The number of hydrogen-bond acceptors (Lipinski definition) is 2. The number of benzene rings is 1. The number of aryl methyl sites for hydroxylation is 3. The van der Waals surface area contributed by atoms with Crippen LogP contribution >= 0.6 is 12.4 Å². The van der Waals surface area contributed by atoms with Crippen molar-refractivity contribution >= 4 is 24.1 Å². The van der Waals surface area contributed by atoms with Crippen molar-refractivity contribution in [3.8, 4) is 0 Å². The van der Waals surface area contributed by atoms with Crippen LogP contribution in [-0.4, -0.2) is 25.0 Å². The molecule has 17 heavy (non-hydrogen) atoms. The Morgan fingerprint density at radius 2 is 1.65 bits per heavy atom. The van der Waals surface area contributed by atoms with E-state index in [-0.39, 0.29) is 12.4 Å². The van der Waals surface area contributed by atoms with Gasteiger partial charge in [0.1, 0.15) is 0 Å². The Labute approximate surface area is 109 Å². The highest BCUT2D eigenvalue weighted by molar-refractivity contribution is 5.85. The van der Waals surface area contributed by atoms with Gasteiger partial charge in [0.25, 0.3) is 0 Å². The number of halogens is 1. The minimum Gasteiger partial charge on any atom is -0.368 e. The Hall–Kier alpha value is -1.42. The number of anilines is 1. The van der Waals surface area contributed by atoms with Crippen LogP contribution in [0.15, 0.2) is 17.2 Å². The first-order valence-electron chi connectivity index (χ1n) is 5.26. The summed E-state index contributed by atoms with van der Waals surface area (Å²) >= 11 is 0. The lowest BCUT2D eigenvalue weighted by atomic mass is 10.1. The fraction of sp³-hybridized carbons (Fsp3) is 0.417. The van der Waals surface area contributed by atoms with Crippen molar-refractivity contribution in [2.75, 3.05) is 19.5 Å². The van der Waals surface area contributed by atoms with Crippen LogP contribution in [0.2, 0.25) is 0 Å². The van der Waals surface area contributed by atoms with Crippen molar-refractivity contribution in [2.45, 2.75) is 20.8 Å². The molecule has 0 aliphatic carbocycles. The summed E-state index contributed by atoms with van der Waals surface area (Å²) in [7, 11) is 3.71. The first-order chi connectivity index (χ1) is 7.41. The number of nitrogens with zero attached hydrogens (tertiary/aromatic N) is 2. The predicted octanol–water partition coefficient (Wildman–Crippen LogP) is 2.24. The molecule has 1 aromatic rings. The highest BCUT2D eigenvalue weighted by Crippen LogP contribution is 2.21. The zero-order valence-electron chi connectivity index (χ0n) is 11.0. The minimum absolute atomic E-state index is 0. The fourth-order valence-electron chi connectivity index (χ4n) is 1.57. The SMILES string of the molecule is Cc1cc(C)c(N/N=C(\N)N(C)C)c(C)c1.Cl. The molecule has 5 heteroatoms. The lowest BCUT2D eigenvalue weighted by Crippen LogP contribution is -2.31. The Bertz CT molecular complexity index is 390. The van der Waals surface area contributed by atoms with Crippen molar-refractivity contribution < 1.29 is 0 Å². The predicted molar refractivity (Wildman–Crippen MR) is 76.8 cm³/mol. The van der Waals surface area contributed by atoms with Crippen LogP contribution in [0, 0.1) is 20.8 Å². The van der Waals surface area contributed by atoms with Crippen molar-refractivity contribution in [3.63, 3.8) is 0 Å². The smallest absolute Gasteiger partial charge is 0.213 e. The topological polar surface area (TPSA) is 53.6 Å². The number of guanidine groups is 1. The van der Waals surface area contributed by atoms with E-state index >= 15 is 0 Å². The van der Waals surface area contributed by atoms with E-state index in [1.807, 2.05) is 14.1 Å². The number of rotatable bonds is 2. The second kappa shape index (κ2) is 6.35. The molecule has 96 valence electrons. The second-order valence-corrected chi connectivity index (χ2v) is 4.25. The largest absolute Gasteiger partial charge is 0.368 e. The van der Waals surface area contributed by atoms with Gasteiger partial charge in [0.05, 0.1) is 5.69 Å². The molecule has 1 rings (SSSR count). The van der Waals surface area contributed by atoms with Gasteiger partial charge in [0.15, 0.2) is 0 Å². The van der Waals surface area contributed by atoms with E-state index in [2.05, 4.69) is 43.4 Å². The lowest BCUT2D eigenvalue weighted by Gasteiger charge is -2.13. The molecule has 0 spiro atoms. The summed E-state index contributed by atoms with van der Waals surface area (Å²) < 4.78 is 0. The zero-order valence-corrected chi connectivity index (χ0v) is 11.9. The highest BCUT2D eigenvalue weighted by atomic mass is 35.5. The van der Waals surface area contributed by atoms with Crippen LogP contribution in [0.4, 0.5) is 5.69 Å². The molecule has 0 saturated carbocycles. The van der Waals surface area contributed by atoms with Crippen molar-refractivity contribution in [3.05, 3.63) is 28.8 Å². The fourth-order valence-corrected chi connectivity index (χ4v) is 1.57. The number of hydrazone groups is 1. The molecule has 0 heterocycles. The molecule has 0 radical (unpaired) electrons. The van der Waals surface area contributed by atoms with E-state index in [1.54, 1.807) is 4.90 Å². The van der Waals surface area contributed by atoms with Gasteiger partial charge in [0.2, 0.25) is 5.96 Å². The maximum atomic E-state index is 5.71. The molecule has 3 N–H and O–H groups in total. The van der Waals surface area contributed by atoms with Gasteiger partial charge in [-0.05, 0) is 31.9 Å². The normalized spacial score (nSPS) is 10.8. The van der Waals surface area contributed by atoms with Gasteiger partial charge < -0.3 is 10.6 Å². The molecule has 0 saturated heterocycles. The van der Waals surface area contributed by atoms with Gasteiger partial charge in [0, 0.05) is 14.1 Å². The van der Waals surface area contributed by atoms with E-state index in [9.17, 15) is 0 Å². The summed E-state index contributed by atoms with van der Waals surface area (Å²) in [5.74, 6) is 0.458. The monoisotopic (exact) mass is 256 g/mol. The third-order valence-electron chi connectivity index (χ3n) is 2.42. The van der Waals surface area contributed by atoms with Gasteiger partial charge in [-0.15, -0.1) is 17.5 Å². The van der Waals surface area contributed by atoms with Crippen LogP contribution in [0.1, 0.15) is 16.7 Å². The molecule has 0 atom stereocenters. The Morgan fingerprint density at radius 3 is 2.06 bits per heavy atom.